The molecular formula is C12H16ClFN2O. The molecule has 0 aliphatic rings. The highest BCUT2D eigenvalue weighted by Crippen LogP contribution is 2.22. The summed E-state index contributed by atoms with van der Waals surface area (Å²) in [6.07, 6.45) is 0.811. The molecule has 1 aromatic rings. The molecule has 0 aliphatic heterocycles. The zero-order chi connectivity index (χ0) is 13.0. The van der Waals surface area contributed by atoms with Crippen LogP contribution in [0.3, 0.4) is 0 Å². The zero-order valence-corrected chi connectivity index (χ0v) is 10.6. The third-order valence-corrected chi connectivity index (χ3v) is 3.06. The summed E-state index contributed by atoms with van der Waals surface area (Å²) in [6, 6.07) is 3.20. The van der Waals surface area contributed by atoms with E-state index in [9.17, 15) is 9.18 Å². The van der Waals surface area contributed by atoms with Crippen molar-refractivity contribution in [3.05, 3.63) is 29.0 Å². The number of benzene rings is 1. The van der Waals surface area contributed by atoms with Crippen LogP contribution in [0, 0.1) is 11.7 Å². The number of nitrogens with one attached hydrogen (secondary N) is 1. The van der Waals surface area contributed by atoms with Crippen LogP contribution in [0.4, 0.5) is 10.1 Å². The van der Waals surface area contributed by atoms with Crippen molar-refractivity contribution in [1.82, 2.24) is 0 Å². The van der Waals surface area contributed by atoms with Gasteiger partial charge in [0.25, 0.3) is 0 Å². The fourth-order valence-corrected chi connectivity index (χ4v) is 1.53. The molecule has 0 bridgehead atoms. The van der Waals surface area contributed by atoms with Crippen molar-refractivity contribution in [3.8, 4) is 0 Å². The van der Waals surface area contributed by atoms with Crippen molar-refractivity contribution in [1.29, 1.82) is 0 Å². The van der Waals surface area contributed by atoms with Gasteiger partial charge in [-0.15, -0.1) is 0 Å². The van der Waals surface area contributed by atoms with Crippen LogP contribution in [0.1, 0.15) is 20.3 Å². The first-order chi connectivity index (χ1) is 7.95. The van der Waals surface area contributed by atoms with Crippen LogP contribution in [0.15, 0.2) is 18.2 Å². The molecule has 94 valence electrons. The Labute approximate surface area is 105 Å². The fourth-order valence-electron chi connectivity index (χ4n) is 1.32. The highest BCUT2D eigenvalue weighted by molar-refractivity contribution is 6.33. The van der Waals surface area contributed by atoms with Crippen molar-refractivity contribution in [2.24, 2.45) is 11.7 Å². The van der Waals surface area contributed by atoms with Gasteiger partial charge in [0.15, 0.2) is 0 Å². The summed E-state index contributed by atoms with van der Waals surface area (Å²) in [5.41, 5.74) is 6.14. The first kappa shape index (κ1) is 13.9. The van der Waals surface area contributed by atoms with Gasteiger partial charge in [-0.3, -0.25) is 4.79 Å². The lowest BCUT2D eigenvalue weighted by Crippen LogP contribution is -2.40. The molecule has 0 aromatic heterocycles. The van der Waals surface area contributed by atoms with E-state index in [1.807, 2.05) is 13.8 Å². The molecule has 0 saturated carbocycles. The standard InChI is InChI=1S/C12H16ClFN2O/c1-3-7(2)11(15)12(17)16-10-5-4-8(14)6-9(10)13/h4-7,11H,3,15H2,1-2H3,(H,16,17)/t7?,11-/m0/s1. The van der Waals surface area contributed by atoms with Crippen LogP contribution in [0.25, 0.3) is 0 Å². The Morgan fingerprint density at radius 2 is 2.24 bits per heavy atom. The molecule has 3 N–H and O–H groups in total. The Bertz CT molecular complexity index is 411. The summed E-state index contributed by atoms with van der Waals surface area (Å²) in [7, 11) is 0. The van der Waals surface area contributed by atoms with E-state index in [2.05, 4.69) is 5.32 Å². The maximum atomic E-state index is 12.8. The average molecular weight is 259 g/mol. The number of anilines is 1. The van der Waals surface area contributed by atoms with Gasteiger partial charge in [-0.1, -0.05) is 31.9 Å². The number of hydrogen-bond donors (Lipinski definition) is 2. The van der Waals surface area contributed by atoms with Crippen LogP contribution in [-0.2, 0) is 4.79 Å². The van der Waals surface area contributed by atoms with Gasteiger partial charge in [0, 0.05) is 0 Å². The van der Waals surface area contributed by atoms with Gasteiger partial charge in [-0.2, -0.15) is 0 Å². The van der Waals surface area contributed by atoms with E-state index >= 15 is 0 Å². The minimum Gasteiger partial charge on any atom is -0.323 e. The van der Waals surface area contributed by atoms with E-state index < -0.39 is 11.9 Å². The Morgan fingerprint density at radius 3 is 2.76 bits per heavy atom. The topological polar surface area (TPSA) is 55.1 Å². The minimum absolute atomic E-state index is 0.0780. The Kier molecular flexibility index (Phi) is 4.90. The smallest absolute Gasteiger partial charge is 0.241 e. The molecular weight excluding hydrogens is 243 g/mol. The lowest BCUT2D eigenvalue weighted by molar-refractivity contribution is -0.118. The third kappa shape index (κ3) is 3.68. The predicted molar refractivity (Wildman–Crippen MR) is 67.5 cm³/mol. The molecule has 3 nitrogen and oxygen atoms in total. The van der Waals surface area contributed by atoms with E-state index in [1.165, 1.54) is 12.1 Å². The number of rotatable bonds is 4. The van der Waals surface area contributed by atoms with Crippen LogP contribution in [0.2, 0.25) is 5.02 Å². The van der Waals surface area contributed by atoms with Gasteiger partial charge in [0.1, 0.15) is 5.82 Å². The largest absolute Gasteiger partial charge is 0.323 e. The molecule has 1 aromatic carbocycles. The van der Waals surface area contributed by atoms with E-state index in [0.717, 1.165) is 12.5 Å². The highest BCUT2D eigenvalue weighted by Gasteiger charge is 2.20. The molecule has 1 amide bonds. The van der Waals surface area contributed by atoms with Crippen molar-refractivity contribution in [2.75, 3.05) is 5.32 Å². The lowest BCUT2D eigenvalue weighted by atomic mass is 9.99. The maximum absolute atomic E-state index is 12.8. The number of carbonyl (C=O) groups is 1. The minimum atomic E-state index is -0.596. The molecule has 0 radical (unpaired) electrons. The summed E-state index contributed by atoms with van der Waals surface area (Å²) in [5.74, 6) is -0.679. The maximum Gasteiger partial charge on any atom is 0.241 e. The summed E-state index contributed by atoms with van der Waals surface area (Å²) < 4.78 is 12.8. The molecule has 0 saturated heterocycles. The second kappa shape index (κ2) is 5.98. The van der Waals surface area contributed by atoms with Crippen molar-refractivity contribution >= 4 is 23.2 Å². The van der Waals surface area contributed by atoms with Crippen molar-refractivity contribution in [3.63, 3.8) is 0 Å². The van der Waals surface area contributed by atoms with E-state index in [1.54, 1.807) is 0 Å². The average Bonchev–Trinajstić information content (AvgIpc) is 2.30. The molecule has 5 heteroatoms. The van der Waals surface area contributed by atoms with E-state index in [4.69, 9.17) is 17.3 Å². The second-order valence-electron chi connectivity index (χ2n) is 4.02. The number of amides is 1. The third-order valence-electron chi connectivity index (χ3n) is 2.75. The Morgan fingerprint density at radius 1 is 1.59 bits per heavy atom. The molecule has 0 heterocycles. The first-order valence-corrected chi connectivity index (χ1v) is 5.85. The Balaban J connectivity index is 2.74. The fraction of sp³-hybridized carbons (Fsp3) is 0.417. The predicted octanol–water partition coefficient (Wildman–Crippen LogP) is 2.79. The zero-order valence-electron chi connectivity index (χ0n) is 9.84. The summed E-state index contributed by atoms with van der Waals surface area (Å²) in [4.78, 5) is 11.8. The van der Waals surface area contributed by atoms with E-state index in [0.29, 0.717) is 5.69 Å². The SMILES string of the molecule is CCC(C)[C@H](N)C(=O)Nc1ccc(F)cc1Cl. The van der Waals surface area contributed by atoms with Gasteiger partial charge in [0.05, 0.1) is 16.8 Å². The number of carbonyl (C=O) groups excluding carboxylic acids is 1. The number of halogens is 2. The van der Waals surface area contributed by atoms with Gasteiger partial charge in [-0.05, 0) is 24.1 Å². The van der Waals surface area contributed by atoms with Crippen LogP contribution >= 0.6 is 11.6 Å². The molecule has 1 rings (SSSR count). The summed E-state index contributed by atoms with van der Waals surface area (Å²) in [5, 5.41) is 2.75. The van der Waals surface area contributed by atoms with Crippen LogP contribution in [-0.4, -0.2) is 11.9 Å². The van der Waals surface area contributed by atoms with Gasteiger partial charge < -0.3 is 11.1 Å². The number of nitrogens with two attached hydrogens (primary N) is 1. The number of hydrogen-bond acceptors (Lipinski definition) is 2. The molecule has 2 atom stereocenters. The van der Waals surface area contributed by atoms with Crippen molar-refractivity contribution in [2.45, 2.75) is 26.3 Å². The molecule has 0 spiro atoms. The monoisotopic (exact) mass is 258 g/mol. The van der Waals surface area contributed by atoms with Crippen molar-refractivity contribution < 1.29 is 9.18 Å². The summed E-state index contributed by atoms with van der Waals surface area (Å²) >= 11 is 5.80. The highest BCUT2D eigenvalue weighted by atomic mass is 35.5. The molecule has 0 fully saturated rings. The van der Waals surface area contributed by atoms with Gasteiger partial charge >= 0.3 is 0 Å². The first-order valence-electron chi connectivity index (χ1n) is 5.47. The normalized spacial score (nSPS) is 14.2. The Hall–Kier alpha value is -1.13. The lowest BCUT2D eigenvalue weighted by Gasteiger charge is -2.18. The molecule has 17 heavy (non-hydrogen) atoms. The second-order valence-corrected chi connectivity index (χ2v) is 4.43. The quantitative estimate of drug-likeness (QED) is 0.873. The van der Waals surface area contributed by atoms with Gasteiger partial charge in [0.2, 0.25) is 5.91 Å². The molecule has 1 unspecified atom stereocenters. The summed E-state index contributed by atoms with van der Waals surface area (Å²) in [6.45, 7) is 3.86. The van der Waals surface area contributed by atoms with Crippen LogP contribution in [0.5, 0.6) is 0 Å². The molecule has 0 aliphatic carbocycles. The van der Waals surface area contributed by atoms with E-state index in [-0.39, 0.29) is 16.8 Å². The van der Waals surface area contributed by atoms with Gasteiger partial charge in [-0.25, -0.2) is 4.39 Å². The van der Waals surface area contributed by atoms with Crippen LogP contribution < -0.4 is 11.1 Å².